The SMILES string of the molecule is N#Cc1ccc(Oc2cc(Cl)ncn2)c([N+](=O)[O-])c1. The van der Waals surface area contributed by atoms with Gasteiger partial charge in [-0.05, 0) is 12.1 Å². The Labute approximate surface area is 112 Å². The highest BCUT2D eigenvalue weighted by atomic mass is 35.5. The maximum absolute atomic E-state index is 10.9. The number of ether oxygens (including phenoxy) is 1. The molecule has 0 aliphatic heterocycles. The first kappa shape index (κ1) is 12.7. The average molecular weight is 277 g/mol. The molecule has 0 N–H and O–H groups in total. The number of hydrogen-bond donors (Lipinski definition) is 0. The summed E-state index contributed by atoms with van der Waals surface area (Å²) in [5, 5.41) is 19.8. The molecule has 0 aliphatic rings. The van der Waals surface area contributed by atoms with E-state index in [1.54, 1.807) is 0 Å². The normalized spacial score (nSPS) is 9.68. The molecule has 0 saturated heterocycles. The minimum atomic E-state index is -0.640. The summed E-state index contributed by atoms with van der Waals surface area (Å²) in [5.74, 6) is 0.0478. The van der Waals surface area contributed by atoms with E-state index in [4.69, 9.17) is 21.6 Å². The van der Waals surface area contributed by atoms with Crippen LogP contribution in [0.2, 0.25) is 5.15 Å². The van der Waals surface area contributed by atoms with Crippen molar-refractivity contribution in [2.75, 3.05) is 0 Å². The van der Waals surface area contributed by atoms with Crippen molar-refractivity contribution < 1.29 is 9.66 Å². The second-order valence-electron chi connectivity index (χ2n) is 3.33. The van der Waals surface area contributed by atoms with E-state index in [9.17, 15) is 10.1 Å². The van der Waals surface area contributed by atoms with Crippen molar-refractivity contribution in [1.29, 1.82) is 5.26 Å². The molecule has 0 atom stereocenters. The average Bonchev–Trinajstić information content (AvgIpc) is 2.39. The first-order valence-corrected chi connectivity index (χ1v) is 5.32. The first-order chi connectivity index (χ1) is 9.10. The molecule has 2 rings (SSSR count). The van der Waals surface area contributed by atoms with Gasteiger partial charge in [0.25, 0.3) is 0 Å². The third-order valence-electron chi connectivity index (χ3n) is 2.11. The molecule has 7 nitrogen and oxygen atoms in total. The molecule has 0 bridgehead atoms. The maximum Gasteiger partial charge on any atom is 0.312 e. The predicted molar refractivity (Wildman–Crippen MR) is 64.9 cm³/mol. The summed E-state index contributed by atoms with van der Waals surface area (Å²) in [5.41, 5.74) is -0.159. The summed E-state index contributed by atoms with van der Waals surface area (Å²) in [7, 11) is 0. The van der Waals surface area contributed by atoms with Crippen LogP contribution < -0.4 is 4.74 Å². The zero-order valence-corrected chi connectivity index (χ0v) is 10.0. The fourth-order valence-corrected chi connectivity index (χ4v) is 1.44. The Morgan fingerprint density at radius 1 is 1.37 bits per heavy atom. The molecule has 1 heterocycles. The lowest BCUT2D eigenvalue weighted by Gasteiger charge is -2.05. The molecule has 0 unspecified atom stereocenters. The second kappa shape index (κ2) is 5.29. The molecule has 0 spiro atoms. The Balaban J connectivity index is 2.40. The van der Waals surface area contributed by atoms with E-state index in [-0.39, 0.29) is 28.0 Å². The third-order valence-corrected chi connectivity index (χ3v) is 2.31. The van der Waals surface area contributed by atoms with Crippen LogP contribution in [0.4, 0.5) is 5.69 Å². The molecular weight excluding hydrogens is 272 g/mol. The number of aromatic nitrogens is 2. The zero-order valence-electron chi connectivity index (χ0n) is 9.28. The van der Waals surface area contributed by atoms with Crippen molar-refractivity contribution in [2.24, 2.45) is 0 Å². The molecule has 94 valence electrons. The molecule has 2 aromatic rings. The zero-order chi connectivity index (χ0) is 13.8. The monoisotopic (exact) mass is 276 g/mol. The van der Waals surface area contributed by atoms with Crippen LogP contribution in [0.15, 0.2) is 30.6 Å². The summed E-state index contributed by atoms with van der Waals surface area (Å²) in [6.07, 6.45) is 1.17. The van der Waals surface area contributed by atoms with Gasteiger partial charge in [-0.1, -0.05) is 11.6 Å². The van der Waals surface area contributed by atoms with Crippen molar-refractivity contribution >= 4 is 17.3 Å². The van der Waals surface area contributed by atoms with Gasteiger partial charge >= 0.3 is 5.69 Å². The van der Waals surface area contributed by atoms with Crippen molar-refractivity contribution in [3.63, 3.8) is 0 Å². The lowest BCUT2D eigenvalue weighted by atomic mass is 10.2. The minimum Gasteiger partial charge on any atom is -0.432 e. The number of rotatable bonds is 3. The summed E-state index contributed by atoms with van der Waals surface area (Å²) < 4.78 is 5.26. The predicted octanol–water partition coefficient (Wildman–Crippen LogP) is 2.70. The van der Waals surface area contributed by atoms with Crippen molar-refractivity contribution in [3.05, 3.63) is 51.4 Å². The van der Waals surface area contributed by atoms with Crippen LogP contribution in [0.5, 0.6) is 11.6 Å². The van der Waals surface area contributed by atoms with Crippen molar-refractivity contribution in [1.82, 2.24) is 9.97 Å². The summed E-state index contributed by atoms with van der Waals surface area (Å²) in [4.78, 5) is 17.7. The highest BCUT2D eigenvalue weighted by Crippen LogP contribution is 2.31. The van der Waals surface area contributed by atoms with Crippen LogP contribution in [0, 0.1) is 21.4 Å². The largest absolute Gasteiger partial charge is 0.432 e. The van der Waals surface area contributed by atoms with Gasteiger partial charge in [-0.2, -0.15) is 5.26 Å². The molecule has 0 aliphatic carbocycles. The van der Waals surface area contributed by atoms with E-state index in [2.05, 4.69) is 9.97 Å². The van der Waals surface area contributed by atoms with Crippen LogP contribution >= 0.6 is 11.6 Å². The van der Waals surface area contributed by atoms with Crippen LogP contribution in [0.3, 0.4) is 0 Å². The number of nitro groups is 1. The van der Waals surface area contributed by atoms with E-state index in [0.717, 1.165) is 6.07 Å². The van der Waals surface area contributed by atoms with Gasteiger partial charge in [-0.15, -0.1) is 0 Å². The van der Waals surface area contributed by atoms with E-state index in [0.29, 0.717) is 0 Å². The molecule has 1 aromatic heterocycles. The highest BCUT2D eigenvalue weighted by Gasteiger charge is 2.17. The number of benzene rings is 1. The third kappa shape index (κ3) is 2.94. The van der Waals surface area contributed by atoms with Gasteiger partial charge in [0.2, 0.25) is 11.6 Å². The van der Waals surface area contributed by atoms with Crippen molar-refractivity contribution in [3.8, 4) is 17.7 Å². The first-order valence-electron chi connectivity index (χ1n) is 4.94. The number of nitrogens with zero attached hydrogens (tertiary/aromatic N) is 4. The molecule has 8 heteroatoms. The number of nitriles is 1. The fourth-order valence-electron chi connectivity index (χ4n) is 1.30. The Morgan fingerprint density at radius 3 is 2.79 bits per heavy atom. The van der Waals surface area contributed by atoms with Gasteiger partial charge in [0, 0.05) is 12.1 Å². The van der Waals surface area contributed by atoms with Crippen LogP contribution in [-0.4, -0.2) is 14.9 Å². The summed E-state index contributed by atoms with van der Waals surface area (Å²) in [6.45, 7) is 0. The standard InChI is InChI=1S/C11H5ClN4O3/c12-10-4-11(15-6-14-10)19-9-2-1-7(5-13)3-8(9)16(17)18/h1-4,6H. The van der Waals surface area contributed by atoms with Crippen molar-refractivity contribution in [2.45, 2.75) is 0 Å². The number of nitro benzene ring substituents is 1. The Kier molecular flexibility index (Phi) is 3.54. The maximum atomic E-state index is 10.9. The molecule has 1 aromatic carbocycles. The van der Waals surface area contributed by atoms with Gasteiger partial charge in [-0.25, -0.2) is 9.97 Å². The minimum absolute atomic E-state index is 0.0289. The van der Waals surface area contributed by atoms with Crippen LogP contribution in [0.25, 0.3) is 0 Å². The van der Waals surface area contributed by atoms with E-state index in [1.165, 1.54) is 24.5 Å². The second-order valence-corrected chi connectivity index (χ2v) is 3.72. The molecule has 19 heavy (non-hydrogen) atoms. The quantitative estimate of drug-likeness (QED) is 0.485. The molecule has 0 saturated carbocycles. The fraction of sp³-hybridized carbons (Fsp3) is 0. The van der Waals surface area contributed by atoms with Gasteiger partial charge in [0.1, 0.15) is 11.5 Å². The smallest absolute Gasteiger partial charge is 0.312 e. The van der Waals surface area contributed by atoms with Gasteiger partial charge in [0.05, 0.1) is 16.6 Å². The van der Waals surface area contributed by atoms with Crippen LogP contribution in [0.1, 0.15) is 5.56 Å². The van der Waals surface area contributed by atoms with Gasteiger partial charge in [-0.3, -0.25) is 10.1 Å². The number of hydrogen-bond acceptors (Lipinski definition) is 6. The Morgan fingerprint density at radius 2 is 2.16 bits per heavy atom. The number of halogens is 1. The molecule has 0 amide bonds. The highest BCUT2D eigenvalue weighted by molar-refractivity contribution is 6.29. The summed E-state index contributed by atoms with van der Waals surface area (Å²) >= 11 is 5.65. The van der Waals surface area contributed by atoms with E-state index < -0.39 is 4.92 Å². The Bertz CT molecular complexity index is 684. The molecule has 0 radical (unpaired) electrons. The van der Waals surface area contributed by atoms with Crippen LogP contribution in [-0.2, 0) is 0 Å². The summed E-state index contributed by atoms with van der Waals surface area (Å²) in [6, 6.07) is 7.00. The lowest BCUT2D eigenvalue weighted by Crippen LogP contribution is -1.95. The van der Waals surface area contributed by atoms with E-state index >= 15 is 0 Å². The van der Waals surface area contributed by atoms with Gasteiger partial charge < -0.3 is 4.74 Å². The topological polar surface area (TPSA) is 102 Å². The van der Waals surface area contributed by atoms with E-state index in [1.807, 2.05) is 6.07 Å². The molecular formula is C11H5ClN4O3. The van der Waals surface area contributed by atoms with Gasteiger partial charge in [0.15, 0.2) is 0 Å². The molecule has 0 fully saturated rings. The lowest BCUT2D eigenvalue weighted by molar-refractivity contribution is -0.385. The Hall–Kier alpha value is -2.72.